The number of ether oxygens (including phenoxy) is 1. The van der Waals surface area contributed by atoms with E-state index in [9.17, 15) is 4.79 Å². The minimum absolute atomic E-state index is 0.153. The molecule has 3 aromatic rings. The molecule has 9 nitrogen and oxygen atoms in total. The van der Waals surface area contributed by atoms with Crippen molar-refractivity contribution >= 4 is 22.8 Å². The number of carbonyl (C=O) groups excluding carboxylic acids is 1. The number of fused-ring (bicyclic) bond motifs is 1. The maximum absolute atomic E-state index is 12.4. The van der Waals surface area contributed by atoms with Gasteiger partial charge in [0.2, 0.25) is 11.8 Å². The van der Waals surface area contributed by atoms with E-state index in [-0.39, 0.29) is 18.4 Å². The number of aryl methyl sites for hydroxylation is 3. The molecule has 1 atom stereocenters. The highest BCUT2D eigenvalue weighted by Crippen LogP contribution is 2.30. The Labute approximate surface area is 162 Å². The van der Waals surface area contributed by atoms with E-state index in [1.807, 2.05) is 6.92 Å². The SMILES string of the molecule is Cc1noc(CCC(=O)Nc2ncnc3c2c(C)c(C)n3CC2CCCO2)n1. The lowest BCUT2D eigenvalue weighted by atomic mass is 10.2. The summed E-state index contributed by atoms with van der Waals surface area (Å²) in [5, 5.41) is 7.52. The van der Waals surface area contributed by atoms with Gasteiger partial charge in [0, 0.05) is 25.1 Å². The minimum atomic E-state index is -0.153. The monoisotopic (exact) mass is 384 g/mol. The number of nitrogens with zero attached hydrogens (tertiary/aromatic N) is 5. The van der Waals surface area contributed by atoms with E-state index in [0.717, 1.165) is 48.3 Å². The third kappa shape index (κ3) is 3.62. The molecule has 1 aliphatic heterocycles. The highest BCUT2D eigenvalue weighted by molar-refractivity contribution is 6.00. The summed E-state index contributed by atoms with van der Waals surface area (Å²) in [7, 11) is 0. The smallest absolute Gasteiger partial charge is 0.227 e. The molecule has 0 spiro atoms. The van der Waals surface area contributed by atoms with Crippen molar-refractivity contribution in [1.29, 1.82) is 0 Å². The Bertz CT molecular complexity index is 1000. The van der Waals surface area contributed by atoms with Gasteiger partial charge < -0.3 is 19.1 Å². The molecular weight excluding hydrogens is 360 g/mol. The Morgan fingerprint density at radius 3 is 2.89 bits per heavy atom. The van der Waals surface area contributed by atoms with E-state index in [1.165, 1.54) is 6.33 Å². The molecule has 28 heavy (non-hydrogen) atoms. The van der Waals surface area contributed by atoms with Gasteiger partial charge in [-0.1, -0.05) is 5.16 Å². The topological polar surface area (TPSA) is 108 Å². The molecule has 4 heterocycles. The molecular formula is C19H24N6O3. The zero-order valence-corrected chi connectivity index (χ0v) is 16.4. The molecule has 148 valence electrons. The van der Waals surface area contributed by atoms with Gasteiger partial charge in [-0.05, 0) is 39.2 Å². The van der Waals surface area contributed by atoms with Crippen molar-refractivity contribution in [2.75, 3.05) is 11.9 Å². The first kappa shape index (κ1) is 18.5. The standard InChI is InChI=1S/C19H24N6O3/c1-11-12(2)25(9-14-5-4-8-27-14)19-17(11)18(20-10-21-19)23-15(26)6-7-16-22-13(3)24-28-16/h10,14H,4-9H2,1-3H3,(H,20,21,23,26). The number of hydrogen-bond donors (Lipinski definition) is 1. The molecule has 3 aromatic heterocycles. The number of aromatic nitrogens is 5. The summed E-state index contributed by atoms with van der Waals surface area (Å²) < 4.78 is 13.0. The number of carbonyl (C=O) groups is 1. The van der Waals surface area contributed by atoms with E-state index in [2.05, 4.69) is 36.9 Å². The Morgan fingerprint density at radius 2 is 2.18 bits per heavy atom. The van der Waals surface area contributed by atoms with Crippen molar-refractivity contribution in [1.82, 2.24) is 24.7 Å². The molecule has 0 bridgehead atoms. The third-order valence-electron chi connectivity index (χ3n) is 5.21. The van der Waals surface area contributed by atoms with Crippen LogP contribution >= 0.6 is 0 Å². The van der Waals surface area contributed by atoms with Gasteiger partial charge in [0.1, 0.15) is 17.8 Å². The average Bonchev–Trinajstić information content (AvgIpc) is 3.39. The summed E-state index contributed by atoms with van der Waals surface area (Å²) in [6.45, 7) is 7.42. The fourth-order valence-corrected chi connectivity index (χ4v) is 3.64. The first-order valence-electron chi connectivity index (χ1n) is 9.54. The van der Waals surface area contributed by atoms with Crippen LogP contribution in [0.3, 0.4) is 0 Å². The average molecular weight is 384 g/mol. The molecule has 1 fully saturated rings. The quantitative estimate of drug-likeness (QED) is 0.695. The Morgan fingerprint density at radius 1 is 1.32 bits per heavy atom. The zero-order valence-electron chi connectivity index (χ0n) is 16.4. The molecule has 1 unspecified atom stereocenters. The number of nitrogens with one attached hydrogen (secondary N) is 1. The predicted octanol–water partition coefficient (Wildman–Crippen LogP) is 2.49. The summed E-state index contributed by atoms with van der Waals surface area (Å²) >= 11 is 0. The summed E-state index contributed by atoms with van der Waals surface area (Å²) in [5.74, 6) is 1.39. The predicted molar refractivity (Wildman–Crippen MR) is 102 cm³/mol. The molecule has 1 N–H and O–H groups in total. The van der Waals surface area contributed by atoms with Crippen LogP contribution in [0.4, 0.5) is 5.82 Å². The first-order chi connectivity index (χ1) is 13.5. The van der Waals surface area contributed by atoms with Crippen LogP contribution in [-0.2, 0) is 22.5 Å². The maximum Gasteiger partial charge on any atom is 0.227 e. The molecule has 1 saturated heterocycles. The molecule has 0 radical (unpaired) electrons. The van der Waals surface area contributed by atoms with E-state index in [4.69, 9.17) is 9.26 Å². The number of rotatable bonds is 6. The van der Waals surface area contributed by atoms with Gasteiger partial charge >= 0.3 is 0 Å². The van der Waals surface area contributed by atoms with E-state index >= 15 is 0 Å². The van der Waals surface area contributed by atoms with Crippen LogP contribution in [0, 0.1) is 20.8 Å². The van der Waals surface area contributed by atoms with Crippen molar-refractivity contribution in [2.45, 2.75) is 59.1 Å². The van der Waals surface area contributed by atoms with Gasteiger partial charge in [-0.3, -0.25) is 4.79 Å². The second-order valence-corrected chi connectivity index (χ2v) is 7.16. The highest BCUT2D eigenvalue weighted by Gasteiger charge is 2.22. The van der Waals surface area contributed by atoms with Gasteiger partial charge in [-0.25, -0.2) is 9.97 Å². The fraction of sp³-hybridized carbons (Fsp3) is 0.526. The molecule has 4 rings (SSSR count). The molecule has 0 saturated carbocycles. The highest BCUT2D eigenvalue weighted by atomic mass is 16.5. The van der Waals surface area contributed by atoms with Crippen molar-refractivity contribution < 1.29 is 14.1 Å². The lowest BCUT2D eigenvalue weighted by Gasteiger charge is -2.13. The van der Waals surface area contributed by atoms with Crippen molar-refractivity contribution in [3.63, 3.8) is 0 Å². The number of amides is 1. The Balaban J connectivity index is 1.54. The van der Waals surface area contributed by atoms with Crippen molar-refractivity contribution in [3.8, 4) is 0 Å². The summed E-state index contributed by atoms with van der Waals surface area (Å²) in [6, 6.07) is 0. The van der Waals surface area contributed by atoms with Crippen LogP contribution in [0.2, 0.25) is 0 Å². The zero-order chi connectivity index (χ0) is 19.7. The second kappa shape index (κ2) is 7.67. The van der Waals surface area contributed by atoms with Gasteiger partial charge in [0.15, 0.2) is 5.82 Å². The summed E-state index contributed by atoms with van der Waals surface area (Å²) in [4.78, 5) is 25.3. The third-order valence-corrected chi connectivity index (χ3v) is 5.21. The first-order valence-corrected chi connectivity index (χ1v) is 9.54. The lowest BCUT2D eigenvalue weighted by Crippen LogP contribution is -2.16. The van der Waals surface area contributed by atoms with E-state index < -0.39 is 0 Å². The van der Waals surface area contributed by atoms with Crippen LogP contribution in [0.15, 0.2) is 10.9 Å². The fourth-order valence-electron chi connectivity index (χ4n) is 3.64. The van der Waals surface area contributed by atoms with Gasteiger partial charge in [0.25, 0.3) is 0 Å². The van der Waals surface area contributed by atoms with E-state index in [1.54, 1.807) is 6.92 Å². The van der Waals surface area contributed by atoms with Crippen LogP contribution in [0.25, 0.3) is 11.0 Å². The minimum Gasteiger partial charge on any atom is -0.376 e. The maximum atomic E-state index is 12.4. The molecule has 1 amide bonds. The van der Waals surface area contributed by atoms with Crippen molar-refractivity contribution in [2.24, 2.45) is 0 Å². The Kier molecular flexibility index (Phi) is 5.08. The van der Waals surface area contributed by atoms with Gasteiger partial charge in [-0.2, -0.15) is 4.98 Å². The molecule has 1 aliphatic rings. The number of hydrogen-bond acceptors (Lipinski definition) is 7. The van der Waals surface area contributed by atoms with Gasteiger partial charge in [-0.15, -0.1) is 0 Å². The Hall–Kier alpha value is -2.81. The largest absolute Gasteiger partial charge is 0.376 e. The number of anilines is 1. The van der Waals surface area contributed by atoms with Gasteiger partial charge in [0.05, 0.1) is 18.0 Å². The molecule has 0 aliphatic carbocycles. The molecule has 9 heteroatoms. The summed E-state index contributed by atoms with van der Waals surface area (Å²) in [5.41, 5.74) is 3.00. The van der Waals surface area contributed by atoms with E-state index in [0.29, 0.717) is 24.0 Å². The second-order valence-electron chi connectivity index (χ2n) is 7.16. The van der Waals surface area contributed by atoms with Crippen LogP contribution < -0.4 is 5.32 Å². The van der Waals surface area contributed by atoms with Crippen molar-refractivity contribution in [3.05, 3.63) is 29.3 Å². The molecule has 0 aromatic carbocycles. The van der Waals surface area contributed by atoms with Crippen LogP contribution in [-0.4, -0.2) is 43.3 Å². The normalized spacial score (nSPS) is 16.8. The van der Waals surface area contributed by atoms with Crippen LogP contribution in [0.5, 0.6) is 0 Å². The van der Waals surface area contributed by atoms with Crippen LogP contribution in [0.1, 0.15) is 42.2 Å². The lowest BCUT2D eigenvalue weighted by molar-refractivity contribution is -0.116. The summed E-state index contributed by atoms with van der Waals surface area (Å²) in [6.07, 6.45) is 4.48.